The van der Waals surface area contributed by atoms with E-state index < -0.39 is 31.4 Å². The Labute approximate surface area is 165 Å². The third-order valence-corrected chi connectivity index (χ3v) is 6.20. The summed E-state index contributed by atoms with van der Waals surface area (Å²) in [7, 11) is -4.47. The Bertz CT molecular complexity index is 709. The van der Waals surface area contributed by atoms with Gasteiger partial charge in [0.25, 0.3) is 0 Å². The van der Waals surface area contributed by atoms with Crippen LogP contribution in [0, 0.1) is 0 Å². The zero-order valence-electron chi connectivity index (χ0n) is 16.2. The largest absolute Gasteiger partial charge is 0.347 e. The minimum atomic E-state index is -4.47. The Hall–Kier alpha value is -1.73. The van der Waals surface area contributed by atoms with Crippen LogP contribution in [0.15, 0.2) is 30.3 Å². The summed E-state index contributed by atoms with van der Waals surface area (Å²) in [4.78, 5) is 45.9. The lowest BCUT2D eigenvalue weighted by molar-refractivity contribution is -0.139. The van der Waals surface area contributed by atoms with Gasteiger partial charge in [-0.15, -0.1) is 0 Å². The standard InChI is InChI=1S/C19H30N3O5P/c1-2-3-11-17(28(25,26)27)21-18(23)16-10-7-12-22(16)19(24)15(20)13-14-8-5-4-6-9-14/h4-6,8-9,15-17H,2-3,7,10-13,20H2,1H3,(H,21,23)(H2,25,26,27). The third kappa shape index (κ3) is 6.14. The first-order valence-corrected chi connectivity index (χ1v) is 11.4. The number of hydrogen-bond acceptors (Lipinski definition) is 4. The molecule has 2 amide bonds. The molecule has 1 saturated heterocycles. The van der Waals surface area contributed by atoms with Crippen molar-refractivity contribution in [3.8, 4) is 0 Å². The average molecular weight is 411 g/mol. The van der Waals surface area contributed by atoms with Crippen LogP contribution in [-0.2, 0) is 20.6 Å². The van der Waals surface area contributed by atoms with Crippen LogP contribution in [0.3, 0.4) is 0 Å². The molecule has 8 nitrogen and oxygen atoms in total. The van der Waals surface area contributed by atoms with Gasteiger partial charge in [0.05, 0.1) is 6.04 Å². The summed E-state index contributed by atoms with van der Waals surface area (Å²) < 4.78 is 11.7. The molecule has 0 spiro atoms. The van der Waals surface area contributed by atoms with Crippen LogP contribution < -0.4 is 11.1 Å². The summed E-state index contributed by atoms with van der Waals surface area (Å²) in [5, 5.41) is 2.47. The van der Waals surface area contributed by atoms with E-state index in [4.69, 9.17) is 5.73 Å². The van der Waals surface area contributed by atoms with Gasteiger partial charge in [0.15, 0.2) is 0 Å². The summed E-state index contributed by atoms with van der Waals surface area (Å²) >= 11 is 0. The molecule has 2 rings (SSSR count). The van der Waals surface area contributed by atoms with Gasteiger partial charge < -0.3 is 25.7 Å². The maximum absolute atomic E-state index is 12.8. The molecule has 28 heavy (non-hydrogen) atoms. The topological polar surface area (TPSA) is 133 Å². The molecule has 0 aromatic heterocycles. The molecular weight excluding hydrogens is 381 g/mol. The molecule has 5 N–H and O–H groups in total. The second-order valence-electron chi connectivity index (χ2n) is 7.24. The Morgan fingerprint density at radius 1 is 1.32 bits per heavy atom. The van der Waals surface area contributed by atoms with Crippen LogP contribution in [-0.4, -0.2) is 50.9 Å². The van der Waals surface area contributed by atoms with E-state index in [-0.39, 0.29) is 12.3 Å². The van der Waals surface area contributed by atoms with Gasteiger partial charge in [-0.1, -0.05) is 50.1 Å². The second kappa shape index (κ2) is 10.2. The maximum atomic E-state index is 12.8. The normalized spacial score (nSPS) is 19.3. The molecule has 1 heterocycles. The number of hydrogen-bond donors (Lipinski definition) is 4. The van der Waals surface area contributed by atoms with Crippen molar-refractivity contribution in [2.24, 2.45) is 5.73 Å². The van der Waals surface area contributed by atoms with Crippen molar-refractivity contribution in [3.05, 3.63) is 35.9 Å². The van der Waals surface area contributed by atoms with Crippen LogP contribution in [0.2, 0.25) is 0 Å². The molecule has 0 saturated carbocycles. The molecule has 0 aliphatic carbocycles. The quantitative estimate of drug-likeness (QED) is 0.454. The van der Waals surface area contributed by atoms with Crippen LogP contribution in [0.25, 0.3) is 0 Å². The van der Waals surface area contributed by atoms with E-state index in [1.807, 2.05) is 37.3 Å². The van der Waals surface area contributed by atoms with Gasteiger partial charge in [-0.05, 0) is 31.2 Å². The number of nitrogens with one attached hydrogen (secondary N) is 1. The monoisotopic (exact) mass is 411 g/mol. The number of likely N-dealkylation sites (tertiary alicyclic amines) is 1. The summed E-state index contributed by atoms with van der Waals surface area (Å²) in [5.74, 6) is -2.07. The molecular formula is C19H30N3O5P. The van der Waals surface area contributed by atoms with Gasteiger partial charge in [-0.3, -0.25) is 14.2 Å². The van der Waals surface area contributed by atoms with E-state index in [2.05, 4.69) is 5.32 Å². The number of unbranched alkanes of at least 4 members (excludes halogenated alkanes) is 1. The van der Waals surface area contributed by atoms with Gasteiger partial charge in [0.1, 0.15) is 11.8 Å². The van der Waals surface area contributed by atoms with Gasteiger partial charge >= 0.3 is 7.60 Å². The van der Waals surface area contributed by atoms with Crippen molar-refractivity contribution in [1.29, 1.82) is 0 Å². The fourth-order valence-corrected chi connectivity index (χ4v) is 4.27. The number of benzene rings is 1. The summed E-state index contributed by atoms with van der Waals surface area (Å²) in [6.07, 6.45) is 3.02. The van der Waals surface area contributed by atoms with Crippen LogP contribution in [0.4, 0.5) is 0 Å². The summed E-state index contributed by atoms with van der Waals surface area (Å²) in [5.41, 5.74) is 7.02. The highest BCUT2D eigenvalue weighted by atomic mass is 31.2. The summed E-state index contributed by atoms with van der Waals surface area (Å²) in [6.45, 7) is 2.32. The molecule has 1 aliphatic heterocycles. The molecule has 0 radical (unpaired) electrons. The highest BCUT2D eigenvalue weighted by Crippen LogP contribution is 2.42. The van der Waals surface area contributed by atoms with Crippen molar-refractivity contribution < 1.29 is 23.9 Å². The van der Waals surface area contributed by atoms with Gasteiger partial charge in [-0.25, -0.2) is 0 Å². The van der Waals surface area contributed by atoms with Crippen molar-refractivity contribution in [3.63, 3.8) is 0 Å². The SMILES string of the molecule is CCCCC(NC(=O)C1CCCN1C(=O)C(N)Cc1ccccc1)P(=O)(O)O. The zero-order valence-corrected chi connectivity index (χ0v) is 17.1. The lowest BCUT2D eigenvalue weighted by Gasteiger charge is -2.28. The van der Waals surface area contributed by atoms with Crippen LogP contribution in [0.1, 0.15) is 44.6 Å². The number of carbonyl (C=O) groups excluding carboxylic acids is 2. The van der Waals surface area contributed by atoms with Gasteiger partial charge in [0, 0.05) is 6.54 Å². The molecule has 1 aromatic rings. The van der Waals surface area contributed by atoms with Crippen molar-refractivity contribution in [2.75, 3.05) is 6.54 Å². The Morgan fingerprint density at radius 2 is 2.00 bits per heavy atom. The second-order valence-corrected chi connectivity index (χ2v) is 9.04. The average Bonchev–Trinajstić information content (AvgIpc) is 3.14. The van der Waals surface area contributed by atoms with Crippen LogP contribution >= 0.6 is 7.60 Å². The minimum Gasteiger partial charge on any atom is -0.340 e. The first kappa shape index (κ1) is 22.6. The predicted molar refractivity (Wildman–Crippen MR) is 106 cm³/mol. The molecule has 9 heteroatoms. The first-order chi connectivity index (χ1) is 13.2. The third-order valence-electron chi connectivity index (χ3n) is 5.00. The van der Waals surface area contributed by atoms with Gasteiger partial charge in [-0.2, -0.15) is 0 Å². The zero-order chi connectivity index (χ0) is 20.7. The Kier molecular flexibility index (Phi) is 8.19. The van der Waals surface area contributed by atoms with E-state index >= 15 is 0 Å². The van der Waals surface area contributed by atoms with Crippen LogP contribution in [0.5, 0.6) is 0 Å². The number of rotatable bonds is 9. The van der Waals surface area contributed by atoms with E-state index in [9.17, 15) is 23.9 Å². The Balaban J connectivity index is 2.02. The molecule has 3 unspecified atom stereocenters. The van der Waals surface area contributed by atoms with Crippen molar-refractivity contribution in [1.82, 2.24) is 10.2 Å². The summed E-state index contributed by atoms with van der Waals surface area (Å²) in [6, 6.07) is 7.89. The predicted octanol–water partition coefficient (Wildman–Crippen LogP) is 1.36. The lowest BCUT2D eigenvalue weighted by atomic mass is 10.1. The fraction of sp³-hybridized carbons (Fsp3) is 0.579. The molecule has 3 atom stereocenters. The fourth-order valence-electron chi connectivity index (χ4n) is 3.45. The maximum Gasteiger partial charge on any atom is 0.347 e. The Morgan fingerprint density at radius 3 is 2.61 bits per heavy atom. The number of amides is 2. The smallest absolute Gasteiger partial charge is 0.340 e. The van der Waals surface area contributed by atoms with E-state index in [1.54, 1.807) is 0 Å². The molecule has 0 bridgehead atoms. The number of carbonyl (C=O) groups is 2. The van der Waals surface area contributed by atoms with E-state index in [1.165, 1.54) is 4.90 Å². The van der Waals surface area contributed by atoms with Crippen molar-refractivity contribution in [2.45, 2.75) is 63.3 Å². The number of nitrogens with two attached hydrogens (primary N) is 1. The van der Waals surface area contributed by atoms with Gasteiger partial charge in [0.2, 0.25) is 11.8 Å². The highest BCUT2D eigenvalue weighted by Gasteiger charge is 2.39. The molecule has 156 valence electrons. The first-order valence-electron chi connectivity index (χ1n) is 9.69. The molecule has 1 aliphatic rings. The molecule has 1 aromatic carbocycles. The highest BCUT2D eigenvalue weighted by molar-refractivity contribution is 7.52. The number of nitrogens with zero attached hydrogens (tertiary/aromatic N) is 1. The van der Waals surface area contributed by atoms with E-state index in [0.717, 1.165) is 12.0 Å². The van der Waals surface area contributed by atoms with E-state index in [0.29, 0.717) is 32.2 Å². The lowest BCUT2D eigenvalue weighted by Crippen LogP contribution is -2.53. The minimum absolute atomic E-state index is 0.195. The molecule has 1 fully saturated rings. The van der Waals surface area contributed by atoms with Crippen molar-refractivity contribution >= 4 is 19.4 Å².